The van der Waals surface area contributed by atoms with Gasteiger partial charge in [-0.05, 0) is 29.9 Å². The third-order valence-electron chi connectivity index (χ3n) is 3.31. The van der Waals surface area contributed by atoms with E-state index in [2.05, 4.69) is 16.3 Å². The fraction of sp³-hybridized carbons (Fsp3) is 0.429. The molecule has 0 aliphatic carbocycles. The molecular weight excluding hydrogens is 272 g/mol. The number of nitrogens with zero attached hydrogens (tertiary/aromatic N) is 2. The first-order valence-corrected chi connectivity index (χ1v) is 7.42. The third kappa shape index (κ3) is 2.70. The number of hydrogen-bond donors (Lipinski definition) is 2. The number of nitrogens with two attached hydrogens (primary N) is 1. The van der Waals surface area contributed by atoms with Crippen molar-refractivity contribution in [1.29, 1.82) is 0 Å². The quantitative estimate of drug-likeness (QED) is 0.910. The Morgan fingerprint density at radius 2 is 2.25 bits per heavy atom. The van der Waals surface area contributed by atoms with Crippen molar-refractivity contribution in [2.45, 2.75) is 33.2 Å². The maximum Gasteiger partial charge on any atom is 0.276 e. The summed E-state index contributed by atoms with van der Waals surface area (Å²) in [5, 5.41) is 8.96. The summed E-state index contributed by atoms with van der Waals surface area (Å²) in [6.07, 6.45) is 0. The van der Waals surface area contributed by atoms with Crippen molar-refractivity contribution in [3.63, 3.8) is 0 Å². The van der Waals surface area contributed by atoms with Crippen molar-refractivity contribution in [3.8, 4) is 0 Å². The van der Waals surface area contributed by atoms with Crippen LogP contribution in [-0.4, -0.2) is 28.1 Å². The van der Waals surface area contributed by atoms with E-state index in [0.29, 0.717) is 17.9 Å². The minimum Gasteiger partial charge on any atom is -0.395 e. The zero-order valence-electron chi connectivity index (χ0n) is 12.2. The Morgan fingerprint density at radius 3 is 2.75 bits per heavy atom. The summed E-state index contributed by atoms with van der Waals surface area (Å²) in [5.74, 6) is 0.0624. The van der Waals surface area contributed by atoms with Gasteiger partial charge in [-0.15, -0.1) is 11.3 Å². The van der Waals surface area contributed by atoms with Gasteiger partial charge in [0.05, 0.1) is 17.9 Å². The molecule has 2 aromatic heterocycles. The molecule has 2 aromatic rings. The van der Waals surface area contributed by atoms with Gasteiger partial charge in [0.2, 0.25) is 0 Å². The van der Waals surface area contributed by atoms with E-state index in [9.17, 15) is 4.79 Å². The normalized spacial score (nSPS) is 11.1. The molecule has 0 bridgehead atoms. The zero-order valence-corrected chi connectivity index (χ0v) is 13.0. The van der Waals surface area contributed by atoms with Gasteiger partial charge in [-0.1, -0.05) is 13.8 Å². The Morgan fingerprint density at radius 1 is 1.55 bits per heavy atom. The first-order chi connectivity index (χ1) is 9.41. The molecule has 20 heavy (non-hydrogen) atoms. The van der Waals surface area contributed by atoms with E-state index in [-0.39, 0.29) is 11.8 Å². The van der Waals surface area contributed by atoms with Crippen LogP contribution in [-0.2, 0) is 6.54 Å². The molecule has 0 fully saturated rings. The van der Waals surface area contributed by atoms with Crippen LogP contribution in [0.4, 0.5) is 5.69 Å². The lowest BCUT2D eigenvalue weighted by molar-refractivity contribution is 0.0781. The van der Waals surface area contributed by atoms with Crippen molar-refractivity contribution in [2.75, 3.05) is 12.8 Å². The number of H-pyrrole nitrogens is 1. The molecule has 0 saturated heterocycles. The Balaban J connectivity index is 2.17. The van der Waals surface area contributed by atoms with Gasteiger partial charge < -0.3 is 10.6 Å². The highest BCUT2D eigenvalue weighted by Gasteiger charge is 2.22. The van der Waals surface area contributed by atoms with Crippen LogP contribution < -0.4 is 5.73 Å². The number of hydrogen-bond acceptors (Lipinski definition) is 4. The van der Waals surface area contributed by atoms with E-state index in [1.165, 1.54) is 10.4 Å². The fourth-order valence-corrected chi connectivity index (χ4v) is 2.96. The highest BCUT2D eigenvalue weighted by molar-refractivity contribution is 7.10. The topological polar surface area (TPSA) is 75.0 Å². The maximum atomic E-state index is 12.4. The number of carbonyl (C=O) groups is 1. The number of nitrogens with one attached hydrogen (secondary N) is 1. The average Bonchev–Trinajstić information content (AvgIpc) is 2.95. The standard InChI is InChI=1S/C14H20N4OS/c1-8(2)12-11(15)13(17-16-12)14(19)18(4)7-10-9(3)5-6-20-10/h5-6,8H,7,15H2,1-4H3,(H,16,17). The SMILES string of the molecule is Cc1ccsc1CN(C)C(=O)c1n[nH]c(C(C)C)c1N. The summed E-state index contributed by atoms with van der Waals surface area (Å²) in [4.78, 5) is 15.2. The van der Waals surface area contributed by atoms with E-state index in [4.69, 9.17) is 5.73 Å². The first-order valence-electron chi connectivity index (χ1n) is 6.54. The van der Waals surface area contributed by atoms with Crippen LogP contribution in [0.15, 0.2) is 11.4 Å². The van der Waals surface area contributed by atoms with Crippen LogP contribution in [0.1, 0.15) is 46.4 Å². The van der Waals surface area contributed by atoms with E-state index < -0.39 is 0 Å². The number of anilines is 1. The van der Waals surface area contributed by atoms with Crippen LogP contribution in [0, 0.1) is 6.92 Å². The largest absolute Gasteiger partial charge is 0.395 e. The molecule has 0 aliphatic rings. The first kappa shape index (κ1) is 14.6. The van der Waals surface area contributed by atoms with Crippen LogP contribution in [0.25, 0.3) is 0 Å². The smallest absolute Gasteiger partial charge is 0.276 e. The molecule has 0 saturated carbocycles. The lowest BCUT2D eigenvalue weighted by Gasteiger charge is -2.16. The van der Waals surface area contributed by atoms with Crippen molar-refractivity contribution < 1.29 is 4.79 Å². The van der Waals surface area contributed by atoms with E-state index in [1.807, 2.05) is 26.2 Å². The van der Waals surface area contributed by atoms with Crippen molar-refractivity contribution in [3.05, 3.63) is 33.3 Å². The Hall–Kier alpha value is -1.82. The number of aromatic amines is 1. The summed E-state index contributed by atoms with van der Waals surface area (Å²) >= 11 is 1.65. The molecule has 0 aromatic carbocycles. The maximum absolute atomic E-state index is 12.4. The van der Waals surface area contributed by atoms with Gasteiger partial charge in [0.1, 0.15) is 0 Å². The summed E-state index contributed by atoms with van der Waals surface area (Å²) in [7, 11) is 1.77. The molecule has 6 heteroatoms. The molecule has 2 rings (SSSR count). The number of aryl methyl sites for hydroxylation is 1. The number of nitrogen functional groups attached to an aromatic ring is 1. The molecule has 3 N–H and O–H groups in total. The second-order valence-corrected chi connectivity index (χ2v) is 6.24. The van der Waals surface area contributed by atoms with Gasteiger partial charge in [0, 0.05) is 11.9 Å². The molecule has 0 aliphatic heterocycles. The number of thiophene rings is 1. The molecule has 0 atom stereocenters. The van der Waals surface area contributed by atoms with Crippen molar-refractivity contribution in [2.24, 2.45) is 0 Å². The van der Waals surface area contributed by atoms with Gasteiger partial charge in [-0.2, -0.15) is 5.10 Å². The summed E-state index contributed by atoms with van der Waals surface area (Å²) in [6.45, 7) is 6.64. The summed E-state index contributed by atoms with van der Waals surface area (Å²) in [5.41, 5.74) is 8.79. The highest BCUT2D eigenvalue weighted by atomic mass is 32.1. The zero-order chi connectivity index (χ0) is 14.9. The van der Waals surface area contributed by atoms with Crippen LogP contribution in [0.5, 0.6) is 0 Å². The third-order valence-corrected chi connectivity index (χ3v) is 4.32. The second kappa shape index (κ2) is 5.66. The molecule has 0 spiro atoms. The Bertz CT molecular complexity index is 614. The molecule has 0 radical (unpaired) electrons. The van der Waals surface area contributed by atoms with Gasteiger partial charge in [0.25, 0.3) is 5.91 Å². The number of amides is 1. The number of carbonyl (C=O) groups excluding carboxylic acids is 1. The van der Waals surface area contributed by atoms with E-state index in [1.54, 1.807) is 23.3 Å². The summed E-state index contributed by atoms with van der Waals surface area (Å²) < 4.78 is 0. The molecule has 108 valence electrons. The van der Waals surface area contributed by atoms with Gasteiger partial charge >= 0.3 is 0 Å². The van der Waals surface area contributed by atoms with Gasteiger partial charge in [0.15, 0.2) is 5.69 Å². The lowest BCUT2D eigenvalue weighted by atomic mass is 10.1. The fourth-order valence-electron chi connectivity index (χ4n) is 2.00. The molecule has 2 heterocycles. The number of aromatic nitrogens is 2. The van der Waals surface area contributed by atoms with E-state index >= 15 is 0 Å². The van der Waals surface area contributed by atoms with Crippen LogP contribution in [0.3, 0.4) is 0 Å². The second-order valence-electron chi connectivity index (χ2n) is 5.24. The van der Waals surface area contributed by atoms with Crippen molar-refractivity contribution >= 4 is 22.9 Å². The molecule has 1 amide bonds. The van der Waals surface area contributed by atoms with Gasteiger partial charge in [-0.25, -0.2) is 0 Å². The minimum atomic E-state index is -0.154. The molecule has 5 nitrogen and oxygen atoms in total. The van der Waals surface area contributed by atoms with Crippen LogP contribution >= 0.6 is 11.3 Å². The van der Waals surface area contributed by atoms with Gasteiger partial charge in [-0.3, -0.25) is 9.89 Å². The lowest BCUT2D eigenvalue weighted by Crippen LogP contribution is -2.27. The Labute approximate surface area is 122 Å². The predicted molar refractivity (Wildman–Crippen MR) is 81.9 cm³/mol. The number of rotatable bonds is 4. The summed E-state index contributed by atoms with van der Waals surface area (Å²) in [6, 6.07) is 2.05. The highest BCUT2D eigenvalue weighted by Crippen LogP contribution is 2.24. The van der Waals surface area contributed by atoms with Crippen molar-refractivity contribution in [1.82, 2.24) is 15.1 Å². The predicted octanol–water partition coefficient (Wildman–Crippen LogP) is 2.76. The Kier molecular flexibility index (Phi) is 4.13. The molecule has 0 unspecified atom stereocenters. The van der Waals surface area contributed by atoms with E-state index in [0.717, 1.165) is 5.69 Å². The average molecular weight is 292 g/mol. The molecular formula is C14H20N4OS. The minimum absolute atomic E-state index is 0.154. The van der Waals surface area contributed by atoms with Crippen LogP contribution in [0.2, 0.25) is 0 Å². The monoisotopic (exact) mass is 292 g/mol.